The molecular formula is C32H42N4O9. The van der Waals surface area contributed by atoms with Crippen LogP contribution in [-0.4, -0.2) is 69.7 Å². The molecule has 0 spiro atoms. The summed E-state index contributed by atoms with van der Waals surface area (Å²) in [7, 11) is 1.36. The highest BCUT2D eigenvalue weighted by atomic mass is 16.6. The van der Waals surface area contributed by atoms with Gasteiger partial charge in [-0.2, -0.15) is 0 Å². The van der Waals surface area contributed by atoms with Gasteiger partial charge in [0.05, 0.1) is 12.5 Å². The Labute approximate surface area is 261 Å². The fraction of sp³-hybridized carbons (Fsp3) is 0.469. The molecule has 3 amide bonds. The van der Waals surface area contributed by atoms with Crippen LogP contribution < -0.4 is 30.7 Å². The molecule has 2 aromatic carbocycles. The zero-order chi connectivity index (χ0) is 32.6. The number of rotatable bonds is 18. The number of ether oxygens (including phenoxy) is 3. The minimum Gasteiger partial charge on any atom is -0.469 e. The van der Waals surface area contributed by atoms with E-state index >= 15 is 0 Å². The number of hydrogen-bond donors (Lipinski definition) is 4. The highest BCUT2D eigenvalue weighted by Gasteiger charge is 2.24. The van der Waals surface area contributed by atoms with Crippen molar-refractivity contribution in [1.82, 2.24) is 21.3 Å². The summed E-state index contributed by atoms with van der Waals surface area (Å²) in [5.41, 5.74) is 0.100. The maximum absolute atomic E-state index is 12.8. The Kier molecular flexibility index (Phi) is 14.1. The number of esters is 1. The summed E-state index contributed by atoms with van der Waals surface area (Å²) in [6, 6.07) is 8.41. The molecule has 0 saturated heterocycles. The smallest absolute Gasteiger partial charge is 0.412 e. The Morgan fingerprint density at radius 1 is 0.689 bits per heavy atom. The number of carbonyl (C=O) groups is 5. The number of amides is 3. The van der Waals surface area contributed by atoms with Crippen LogP contribution in [0.25, 0.3) is 21.7 Å². The Hall–Kier alpha value is -4.65. The lowest BCUT2D eigenvalue weighted by Gasteiger charge is -2.14. The molecule has 3 aromatic rings. The van der Waals surface area contributed by atoms with Crippen molar-refractivity contribution >= 4 is 51.6 Å². The van der Waals surface area contributed by atoms with E-state index in [-0.39, 0.29) is 40.5 Å². The number of hydrogen-bond acceptors (Lipinski definition) is 10. The van der Waals surface area contributed by atoms with Gasteiger partial charge in [0.25, 0.3) is 0 Å². The number of Topliss-reactive ketones (excluding diaryl/α,β-unsaturated/α-hetero) is 1. The van der Waals surface area contributed by atoms with Gasteiger partial charge in [0, 0.05) is 50.7 Å². The van der Waals surface area contributed by atoms with Crippen molar-refractivity contribution in [3.8, 4) is 11.5 Å². The number of carbonyl (C=O) groups excluding carboxylic acids is 5. The molecule has 244 valence electrons. The third-order valence-electron chi connectivity index (χ3n) is 6.84. The molecule has 13 nitrogen and oxygen atoms in total. The Balaban J connectivity index is 1.64. The lowest BCUT2D eigenvalue weighted by molar-refractivity contribution is -0.140. The molecule has 0 saturated carbocycles. The maximum Gasteiger partial charge on any atom is 0.412 e. The third kappa shape index (κ3) is 11.1. The van der Waals surface area contributed by atoms with E-state index in [0.717, 1.165) is 25.7 Å². The van der Waals surface area contributed by atoms with Gasteiger partial charge in [-0.15, -0.1) is 0 Å². The van der Waals surface area contributed by atoms with Crippen molar-refractivity contribution in [2.75, 3.05) is 39.8 Å². The van der Waals surface area contributed by atoms with Crippen LogP contribution in [0.4, 0.5) is 9.59 Å². The second-order valence-electron chi connectivity index (χ2n) is 10.4. The summed E-state index contributed by atoms with van der Waals surface area (Å²) in [5, 5.41) is 12.7. The van der Waals surface area contributed by atoms with Crippen molar-refractivity contribution in [3.05, 3.63) is 36.1 Å². The zero-order valence-electron chi connectivity index (χ0n) is 26.0. The maximum atomic E-state index is 12.8. The first kappa shape index (κ1) is 34.8. The lowest BCUT2D eigenvalue weighted by atomic mass is 10.1. The predicted molar refractivity (Wildman–Crippen MR) is 168 cm³/mol. The molecule has 0 fully saturated rings. The van der Waals surface area contributed by atoms with E-state index in [9.17, 15) is 24.0 Å². The average Bonchev–Trinajstić information content (AvgIpc) is 3.47. The second kappa shape index (κ2) is 18.2. The third-order valence-corrected chi connectivity index (χ3v) is 6.84. The standard InChI is InChI=1S/C32H42N4O9/c1-21(37)26-20-25-28(44-31(40)35-18-9-5-4-8-17-34-22(2)38)23-12-6-7-13-24(23)29(30(25)43-26)45-32(41)36-19-11-16-33-15-10-14-27(39)42-3/h6-7,12-13,20,33H,4-5,8-11,14-19H2,1-3H3,(H,34,38)(H,35,40)(H,36,41). The second-order valence-corrected chi connectivity index (χ2v) is 10.4. The van der Waals surface area contributed by atoms with Crippen molar-refractivity contribution < 1.29 is 42.6 Å². The Morgan fingerprint density at radius 3 is 1.89 bits per heavy atom. The molecule has 0 unspecified atom stereocenters. The first-order chi connectivity index (χ1) is 21.7. The number of methoxy groups -OCH3 is 1. The van der Waals surface area contributed by atoms with Crippen LogP contribution in [0.15, 0.2) is 34.7 Å². The first-order valence-electron chi connectivity index (χ1n) is 15.1. The van der Waals surface area contributed by atoms with Gasteiger partial charge in [-0.05, 0) is 44.8 Å². The van der Waals surface area contributed by atoms with Gasteiger partial charge in [0.2, 0.25) is 5.91 Å². The zero-order valence-corrected chi connectivity index (χ0v) is 26.0. The van der Waals surface area contributed by atoms with E-state index in [1.165, 1.54) is 27.0 Å². The molecule has 1 heterocycles. The summed E-state index contributed by atoms with van der Waals surface area (Å²) in [4.78, 5) is 59.9. The van der Waals surface area contributed by atoms with Gasteiger partial charge < -0.3 is 39.9 Å². The monoisotopic (exact) mass is 626 g/mol. The predicted octanol–water partition coefficient (Wildman–Crippen LogP) is 4.59. The summed E-state index contributed by atoms with van der Waals surface area (Å²) < 4.78 is 21.9. The van der Waals surface area contributed by atoms with Gasteiger partial charge in [-0.3, -0.25) is 14.4 Å². The molecule has 3 rings (SSSR count). The summed E-state index contributed by atoms with van der Waals surface area (Å²) in [6.45, 7) is 5.45. The molecule has 4 N–H and O–H groups in total. The van der Waals surface area contributed by atoms with Crippen molar-refractivity contribution in [3.63, 3.8) is 0 Å². The van der Waals surface area contributed by atoms with E-state index in [2.05, 4.69) is 26.0 Å². The molecule has 1 aromatic heterocycles. The highest BCUT2D eigenvalue weighted by molar-refractivity contribution is 6.12. The number of furan rings is 1. The van der Waals surface area contributed by atoms with E-state index in [0.29, 0.717) is 68.1 Å². The average molecular weight is 627 g/mol. The van der Waals surface area contributed by atoms with Crippen LogP contribution in [-0.2, 0) is 14.3 Å². The summed E-state index contributed by atoms with van der Waals surface area (Å²) >= 11 is 0. The van der Waals surface area contributed by atoms with Crippen LogP contribution in [0.3, 0.4) is 0 Å². The fourth-order valence-corrected chi connectivity index (χ4v) is 4.56. The number of ketones is 1. The van der Waals surface area contributed by atoms with Crippen LogP contribution in [0.2, 0.25) is 0 Å². The molecule has 45 heavy (non-hydrogen) atoms. The van der Waals surface area contributed by atoms with E-state index < -0.39 is 12.2 Å². The summed E-state index contributed by atoms with van der Waals surface area (Å²) in [6.07, 6.45) is 3.61. The number of unbranched alkanes of at least 4 members (excludes halogenated alkanes) is 3. The largest absolute Gasteiger partial charge is 0.469 e. The molecule has 0 aliphatic carbocycles. The summed E-state index contributed by atoms with van der Waals surface area (Å²) in [5.74, 6) is -0.361. The van der Waals surface area contributed by atoms with Gasteiger partial charge in [0.1, 0.15) is 0 Å². The SMILES string of the molecule is COC(=O)CCCNCCCNC(=O)Oc1c2ccccc2c(OC(=O)NCCCCCCNC(C)=O)c2cc(C(C)=O)oc12. The number of nitrogens with one attached hydrogen (secondary N) is 4. The molecule has 13 heteroatoms. The minimum absolute atomic E-state index is 0.0216. The van der Waals surface area contributed by atoms with Crippen LogP contribution in [0.1, 0.15) is 69.3 Å². The van der Waals surface area contributed by atoms with Gasteiger partial charge in [0.15, 0.2) is 28.6 Å². The van der Waals surface area contributed by atoms with Crippen molar-refractivity contribution in [2.24, 2.45) is 0 Å². The normalized spacial score (nSPS) is 10.8. The number of benzene rings is 2. The van der Waals surface area contributed by atoms with Crippen LogP contribution in [0, 0.1) is 0 Å². The first-order valence-corrected chi connectivity index (χ1v) is 15.1. The van der Waals surface area contributed by atoms with E-state index in [1.807, 2.05) is 0 Å². The molecule has 0 radical (unpaired) electrons. The van der Waals surface area contributed by atoms with E-state index in [4.69, 9.17) is 13.9 Å². The van der Waals surface area contributed by atoms with Gasteiger partial charge in [-0.25, -0.2) is 9.59 Å². The quantitative estimate of drug-likeness (QED) is 0.0888. The highest BCUT2D eigenvalue weighted by Crippen LogP contribution is 2.44. The molecule has 0 aliphatic heterocycles. The van der Waals surface area contributed by atoms with Crippen molar-refractivity contribution in [1.29, 1.82) is 0 Å². The Bertz CT molecular complexity index is 1480. The van der Waals surface area contributed by atoms with Gasteiger partial charge in [-0.1, -0.05) is 37.1 Å². The van der Waals surface area contributed by atoms with Crippen LogP contribution >= 0.6 is 0 Å². The topological polar surface area (TPSA) is 174 Å². The van der Waals surface area contributed by atoms with Crippen LogP contribution in [0.5, 0.6) is 11.5 Å². The van der Waals surface area contributed by atoms with E-state index in [1.54, 1.807) is 24.3 Å². The minimum atomic E-state index is -0.712. The van der Waals surface area contributed by atoms with Crippen molar-refractivity contribution in [2.45, 2.75) is 58.8 Å². The number of fused-ring (bicyclic) bond motifs is 2. The van der Waals surface area contributed by atoms with Gasteiger partial charge >= 0.3 is 18.2 Å². The molecule has 0 bridgehead atoms. The molecule has 0 aliphatic rings. The Morgan fingerprint density at radius 2 is 1.27 bits per heavy atom. The molecule has 0 atom stereocenters. The molecular weight excluding hydrogens is 584 g/mol. The lowest BCUT2D eigenvalue weighted by Crippen LogP contribution is -2.30. The fourth-order valence-electron chi connectivity index (χ4n) is 4.56.